The van der Waals surface area contributed by atoms with E-state index in [9.17, 15) is 0 Å². The molecule has 0 aliphatic rings. The van der Waals surface area contributed by atoms with E-state index in [4.69, 9.17) is 19.9 Å². The standard InChI is InChI=1S/C53H35N3.C49H31N5/c1-4-15-36(16-5-1)39-19-14-20-40(31-39)49-33-41(37-17-6-2-7-18-37)32-48(54-49)38-27-29-43(30-28-38)56-51-26-13-11-24-45(51)47-34-46-44-23-10-12-25-50(44)55(52(46)35-53(47)56)42-21-8-3-9-22-42;1-3-14-33(15-4-1)47-50-48(52-49(51-47)36-24-23-32-13-7-8-16-35(32)29-36)34-25-27-38(28-26-34)54-44-22-12-10-20-40(44)42-30-41-39-19-9-11-21-43(39)53(45(41)31-46(42)54)37-17-5-2-6-18-37/h1-35H;1-31H. The molecule has 8 nitrogen and oxygen atoms in total. The molecular formula is C102H66N8. The van der Waals surface area contributed by atoms with E-state index in [1.807, 2.05) is 30.3 Å². The summed E-state index contributed by atoms with van der Waals surface area (Å²) in [5, 5.41) is 12.3. The lowest BCUT2D eigenvalue weighted by Crippen LogP contribution is -2.00. The molecule has 0 N–H and O–H groups in total. The Kier molecular flexibility index (Phi) is 15.4. The van der Waals surface area contributed by atoms with Crippen LogP contribution in [0.3, 0.4) is 0 Å². The number of hydrogen-bond donors (Lipinski definition) is 0. The first kappa shape index (κ1) is 63.6. The van der Waals surface area contributed by atoms with Gasteiger partial charge in [0.1, 0.15) is 0 Å². The Morgan fingerprint density at radius 2 is 0.464 bits per heavy atom. The molecule has 0 atom stereocenters. The van der Waals surface area contributed by atoms with Crippen LogP contribution in [0, 0.1) is 0 Å². The topological polar surface area (TPSA) is 71.3 Å². The molecule has 0 radical (unpaired) electrons. The molecule has 16 aromatic carbocycles. The van der Waals surface area contributed by atoms with Crippen molar-refractivity contribution in [3.05, 3.63) is 400 Å². The van der Waals surface area contributed by atoms with Crippen LogP contribution in [0.25, 0.3) is 200 Å². The second-order valence-electron chi connectivity index (χ2n) is 28.1. The molecule has 0 amide bonds. The van der Waals surface area contributed by atoms with Gasteiger partial charge >= 0.3 is 0 Å². The van der Waals surface area contributed by atoms with E-state index in [2.05, 4.69) is 388 Å². The van der Waals surface area contributed by atoms with Crippen LogP contribution in [0.1, 0.15) is 0 Å². The van der Waals surface area contributed by atoms with Crippen LogP contribution in [-0.2, 0) is 0 Å². The zero-order valence-electron chi connectivity index (χ0n) is 59.7. The second-order valence-corrected chi connectivity index (χ2v) is 28.1. The summed E-state index contributed by atoms with van der Waals surface area (Å²) in [4.78, 5) is 20.4. The van der Waals surface area contributed by atoms with E-state index in [1.165, 1.54) is 92.7 Å². The van der Waals surface area contributed by atoms with Gasteiger partial charge in [0.25, 0.3) is 0 Å². The SMILES string of the molecule is c1ccc(-c2cccc(-c3cc(-c4ccccc4)cc(-c4ccc(-n5c6ccccc6c6cc7c8ccccc8n(-c8ccccc8)c7cc65)cc4)n3)c2)cc1.c1ccc(-c2nc(-c3ccc(-n4c5ccccc5c5cc6c7ccccc7n(-c7ccccc7)c6cc54)cc3)nc(-c3ccc4ccccc4c3)n2)cc1. The maximum atomic E-state index is 5.31. The van der Waals surface area contributed by atoms with Crippen molar-refractivity contribution in [1.29, 1.82) is 0 Å². The molecule has 22 rings (SSSR count). The summed E-state index contributed by atoms with van der Waals surface area (Å²) >= 11 is 0. The van der Waals surface area contributed by atoms with E-state index in [0.29, 0.717) is 17.5 Å². The Morgan fingerprint density at radius 1 is 0.145 bits per heavy atom. The van der Waals surface area contributed by atoms with Crippen molar-refractivity contribution in [1.82, 2.24) is 38.2 Å². The van der Waals surface area contributed by atoms with Gasteiger partial charge in [0, 0.05) is 93.7 Å². The monoisotopic (exact) mass is 1400 g/mol. The zero-order valence-corrected chi connectivity index (χ0v) is 59.7. The van der Waals surface area contributed by atoms with Gasteiger partial charge in [0.15, 0.2) is 17.5 Å². The fraction of sp³-hybridized carbons (Fsp3) is 0. The van der Waals surface area contributed by atoms with Gasteiger partial charge in [-0.05, 0) is 166 Å². The Balaban J connectivity index is 0.000000140. The fourth-order valence-electron chi connectivity index (χ4n) is 16.5. The van der Waals surface area contributed by atoms with Crippen molar-refractivity contribution >= 4 is 98.0 Å². The third kappa shape index (κ3) is 11.1. The Labute approximate surface area is 634 Å². The van der Waals surface area contributed by atoms with Crippen LogP contribution in [-0.4, -0.2) is 38.2 Å². The number of benzene rings is 16. The summed E-state index contributed by atoms with van der Waals surface area (Å²) in [6, 6.07) is 142. The van der Waals surface area contributed by atoms with Crippen LogP contribution in [0.4, 0.5) is 0 Å². The van der Waals surface area contributed by atoms with Gasteiger partial charge in [-0.1, -0.05) is 267 Å². The summed E-state index contributed by atoms with van der Waals surface area (Å²) < 4.78 is 9.57. The molecule has 0 spiro atoms. The Morgan fingerprint density at radius 3 is 0.918 bits per heavy atom. The van der Waals surface area contributed by atoms with Gasteiger partial charge in [0.05, 0.1) is 55.5 Å². The Hall–Kier alpha value is -14.9. The second kappa shape index (κ2) is 26.6. The number of para-hydroxylation sites is 6. The van der Waals surface area contributed by atoms with Crippen LogP contribution in [0.5, 0.6) is 0 Å². The van der Waals surface area contributed by atoms with Crippen molar-refractivity contribution in [2.45, 2.75) is 0 Å². The highest BCUT2D eigenvalue weighted by Gasteiger charge is 2.23. The molecule has 0 unspecified atom stereocenters. The first-order valence-electron chi connectivity index (χ1n) is 37.3. The lowest BCUT2D eigenvalue weighted by Gasteiger charge is -2.13. The molecule has 0 saturated heterocycles. The minimum atomic E-state index is 0.634. The molecule has 0 aliphatic carbocycles. The molecule has 110 heavy (non-hydrogen) atoms. The molecule has 514 valence electrons. The van der Waals surface area contributed by atoms with Gasteiger partial charge in [0.2, 0.25) is 0 Å². The molecule has 6 heterocycles. The van der Waals surface area contributed by atoms with Gasteiger partial charge in [-0.2, -0.15) is 0 Å². The summed E-state index contributed by atoms with van der Waals surface area (Å²) in [5.41, 5.74) is 25.5. The molecule has 0 aliphatic heterocycles. The van der Waals surface area contributed by atoms with E-state index in [0.717, 1.165) is 89.5 Å². The zero-order chi connectivity index (χ0) is 72.6. The number of pyridine rings is 1. The van der Waals surface area contributed by atoms with Gasteiger partial charge in [-0.3, -0.25) is 0 Å². The fourth-order valence-corrected chi connectivity index (χ4v) is 16.5. The van der Waals surface area contributed by atoms with Crippen molar-refractivity contribution in [2.24, 2.45) is 0 Å². The normalized spacial score (nSPS) is 11.6. The van der Waals surface area contributed by atoms with Crippen LogP contribution >= 0.6 is 0 Å². The molecule has 22 aromatic rings. The number of fused-ring (bicyclic) bond motifs is 13. The van der Waals surface area contributed by atoms with Crippen molar-refractivity contribution < 1.29 is 0 Å². The third-order valence-electron chi connectivity index (χ3n) is 21.6. The van der Waals surface area contributed by atoms with E-state index >= 15 is 0 Å². The van der Waals surface area contributed by atoms with Crippen LogP contribution in [0.15, 0.2) is 400 Å². The Bertz CT molecular complexity index is 7290. The molecular weight excluding hydrogens is 1340 g/mol. The van der Waals surface area contributed by atoms with Crippen LogP contribution < -0.4 is 0 Å². The minimum absolute atomic E-state index is 0.634. The third-order valence-corrected chi connectivity index (χ3v) is 21.6. The predicted octanol–water partition coefficient (Wildman–Crippen LogP) is 26.2. The lowest BCUT2D eigenvalue weighted by molar-refractivity contribution is 1.07. The largest absolute Gasteiger partial charge is 0.309 e. The molecule has 0 fully saturated rings. The van der Waals surface area contributed by atoms with Crippen molar-refractivity contribution in [3.8, 4) is 102 Å². The number of hydrogen-bond acceptors (Lipinski definition) is 4. The smallest absolute Gasteiger partial charge is 0.164 e. The van der Waals surface area contributed by atoms with Crippen molar-refractivity contribution in [2.75, 3.05) is 0 Å². The highest BCUT2D eigenvalue weighted by Crippen LogP contribution is 2.44. The molecule has 0 saturated carbocycles. The molecule has 8 heteroatoms. The van der Waals surface area contributed by atoms with Gasteiger partial charge in [-0.15, -0.1) is 0 Å². The number of nitrogens with zero attached hydrogens (tertiary/aromatic N) is 8. The van der Waals surface area contributed by atoms with Crippen molar-refractivity contribution in [3.63, 3.8) is 0 Å². The van der Waals surface area contributed by atoms with E-state index < -0.39 is 0 Å². The summed E-state index contributed by atoms with van der Waals surface area (Å²) in [6.45, 7) is 0. The predicted molar refractivity (Wildman–Crippen MR) is 457 cm³/mol. The quantitative estimate of drug-likeness (QED) is 0.129. The summed E-state index contributed by atoms with van der Waals surface area (Å²) in [6.07, 6.45) is 0. The highest BCUT2D eigenvalue weighted by atomic mass is 15.0. The number of aromatic nitrogens is 8. The maximum absolute atomic E-state index is 5.31. The lowest BCUT2D eigenvalue weighted by atomic mass is 9.98. The van der Waals surface area contributed by atoms with E-state index in [1.54, 1.807) is 0 Å². The minimum Gasteiger partial charge on any atom is -0.309 e. The van der Waals surface area contributed by atoms with Gasteiger partial charge < -0.3 is 18.3 Å². The van der Waals surface area contributed by atoms with Gasteiger partial charge in [-0.25, -0.2) is 19.9 Å². The first-order chi connectivity index (χ1) is 54.5. The van der Waals surface area contributed by atoms with E-state index in [-0.39, 0.29) is 0 Å². The molecule has 6 aromatic heterocycles. The summed E-state index contributed by atoms with van der Waals surface area (Å²) in [7, 11) is 0. The molecule has 0 bridgehead atoms. The van der Waals surface area contributed by atoms with Crippen LogP contribution in [0.2, 0.25) is 0 Å². The maximum Gasteiger partial charge on any atom is 0.164 e. The number of rotatable bonds is 11. The highest BCUT2D eigenvalue weighted by molar-refractivity contribution is 6.21. The average Bonchev–Trinajstić information content (AvgIpc) is 1.56. The average molecular weight is 1400 g/mol. The first-order valence-corrected chi connectivity index (χ1v) is 37.3. The summed E-state index contributed by atoms with van der Waals surface area (Å²) in [5.74, 6) is 1.93.